The lowest BCUT2D eigenvalue weighted by molar-refractivity contribution is -0.134. The molecule has 3 N–H and O–H groups in total. The number of Topliss-reactive ketones (excluding diaryl/α,β-unsaturated/α-hetero) is 1. The zero-order valence-electron chi connectivity index (χ0n) is 26.0. The Kier molecular flexibility index (Phi) is 12.6. The molecule has 5 heterocycles. The Morgan fingerprint density at radius 2 is 1.46 bits per heavy atom. The third-order valence-electron chi connectivity index (χ3n) is 9.92. The molecule has 0 aliphatic carbocycles. The summed E-state index contributed by atoms with van der Waals surface area (Å²) in [4.78, 5) is 60.2. The number of hydrogen-bond donors (Lipinski definition) is 3. The molecular weight excluding hydrogens is 702 g/mol. The number of halogens is 4. The van der Waals surface area contributed by atoms with E-state index in [-0.39, 0.29) is 75.2 Å². The van der Waals surface area contributed by atoms with E-state index in [4.69, 9.17) is 23.2 Å². The fourth-order valence-electron chi connectivity index (χ4n) is 7.58. The van der Waals surface area contributed by atoms with Gasteiger partial charge in [-0.25, -0.2) is 9.59 Å². The fraction of sp³-hybridized carbons (Fsp3) is 0.412. The Labute approximate surface area is 301 Å². The largest absolute Gasteiger partial charge is 0.478 e. The van der Waals surface area contributed by atoms with Gasteiger partial charge in [0.2, 0.25) is 5.91 Å². The van der Waals surface area contributed by atoms with E-state index in [1.165, 1.54) is 31.2 Å². The number of dihydropyridines is 1. The van der Waals surface area contributed by atoms with E-state index in [1.807, 2.05) is 0 Å². The summed E-state index contributed by atoms with van der Waals surface area (Å²) in [5, 5.41) is 23.8. The Bertz CT molecular complexity index is 1580. The first-order chi connectivity index (χ1) is 22.1. The molecule has 4 saturated heterocycles. The molecule has 0 saturated carbocycles. The summed E-state index contributed by atoms with van der Waals surface area (Å²) in [5.41, 5.74) is -0.363. The van der Waals surface area contributed by atoms with Crippen LogP contribution >= 0.6 is 48.0 Å². The number of aliphatic carboxylic acids is 2. The predicted molar refractivity (Wildman–Crippen MR) is 187 cm³/mol. The van der Waals surface area contributed by atoms with E-state index in [0.717, 1.165) is 32.7 Å². The molecule has 2 bridgehead atoms. The Morgan fingerprint density at radius 3 is 2.00 bits per heavy atom. The molecule has 48 heavy (non-hydrogen) atoms. The van der Waals surface area contributed by atoms with Crippen molar-refractivity contribution in [3.63, 3.8) is 0 Å². The number of nitrogens with one attached hydrogen (secondary N) is 1. The molecule has 0 radical (unpaired) electrons. The number of benzene rings is 2. The number of piperazine rings is 1. The first kappa shape index (κ1) is 37.7. The van der Waals surface area contributed by atoms with Crippen molar-refractivity contribution < 1.29 is 29.4 Å². The highest BCUT2D eigenvalue weighted by Gasteiger charge is 2.45. The van der Waals surface area contributed by atoms with Gasteiger partial charge in [0.05, 0.1) is 23.5 Å². The highest BCUT2D eigenvalue weighted by atomic mass is 35.5. The van der Waals surface area contributed by atoms with Gasteiger partial charge >= 0.3 is 11.9 Å². The van der Waals surface area contributed by atoms with Gasteiger partial charge in [-0.15, -0.1) is 24.8 Å². The minimum Gasteiger partial charge on any atom is -0.478 e. The maximum absolute atomic E-state index is 14.2. The minimum atomic E-state index is -1.50. The van der Waals surface area contributed by atoms with Crippen molar-refractivity contribution in [2.75, 3.05) is 45.8 Å². The number of carboxylic acids is 2. The minimum absolute atomic E-state index is 0. The lowest BCUT2D eigenvalue weighted by Gasteiger charge is -2.51. The highest BCUT2D eigenvalue weighted by molar-refractivity contribution is 6.36. The fourth-order valence-corrected chi connectivity index (χ4v) is 8.21. The van der Waals surface area contributed by atoms with Gasteiger partial charge in [0.15, 0.2) is 5.78 Å². The van der Waals surface area contributed by atoms with Crippen LogP contribution in [-0.4, -0.2) is 100 Å². The van der Waals surface area contributed by atoms with Crippen LogP contribution in [0.5, 0.6) is 0 Å². The number of rotatable bonds is 9. The standard InChI is InChI=1S/C34H36Cl2N4O6.2ClH/c35-23-7-4-8-24(36)29(23)31(32(42)21-5-2-1-3-6-21)28-22(33(43)44)18-37-25(30(28)34(45)46)17-27(41)40-15-13-39(14-16-40)26-19-38-11-9-20(26)10-12-38;;/h1-8,18,20,26,28,31,37H,9-17,19H2,(H,43,44)(H,45,46);2*1H. The van der Waals surface area contributed by atoms with Crippen molar-refractivity contribution in [2.24, 2.45) is 11.8 Å². The van der Waals surface area contributed by atoms with Crippen molar-refractivity contribution in [2.45, 2.75) is 31.2 Å². The van der Waals surface area contributed by atoms with Crippen molar-refractivity contribution in [1.82, 2.24) is 20.0 Å². The van der Waals surface area contributed by atoms with Crippen molar-refractivity contribution in [3.8, 4) is 0 Å². The SMILES string of the molecule is Cl.Cl.O=C(O)C1=CNC(CC(=O)N2CCN(C3CN4CCC3CC4)CC2)=C(C(=O)O)C1C(C(=O)c1ccccc1)c1c(Cl)cccc1Cl. The van der Waals surface area contributed by atoms with Gasteiger partial charge in [0.1, 0.15) is 0 Å². The van der Waals surface area contributed by atoms with Crippen molar-refractivity contribution >= 4 is 71.6 Å². The smallest absolute Gasteiger partial charge is 0.334 e. The molecule has 10 nitrogen and oxygen atoms in total. The molecule has 5 aliphatic rings. The second-order valence-corrected chi connectivity index (χ2v) is 13.2. The first-order valence-corrected chi connectivity index (χ1v) is 16.3. The van der Waals surface area contributed by atoms with E-state index in [2.05, 4.69) is 15.1 Å². The second kappa shape index (κ2) is 16.1. The van der Waals surface area contributed by atoms with Crippen LogP contribution in [0.2, 0.25) is 10.0 Å². The molecule has 2 aromatic rings. The molecule has 0 spiro atoms. The van der Waals surface area contributed by atoms with Crippen LogP contribution in [0.15, 0.2) is 71.6 Å². The number of nitrogens with zero attached hydrogens (tertiary/aromatic N) is 3. The van der Waals surface area contributed by atoms with Crippen LogP contribution in [0.1, 0.15) is 41.1 Å². The zero-order valence-corrected chi connectivity index (χ0v) is 29.2. The van der Waals surface area contributed by atoms with Crippen LogP contribution in [0.25, 0.3) is 0 Å². The lowest BCUT2D eigenvalue weighted by atomic mass is 9.71. The van der Waals surface area contributed by atoms with Crippen molar-refractivity contribution in [1.29, 1.82) is 0 Å². The summed E-state index contributed by atoms with van der Waals surface area (Å²) in [7, 11) is 0. The molecule has 258 valence electrons. The molecule has 2 aromatic carbocycles. The van der Waals surface area contributed by atoms with Crippen LogP contribution in [0, 0.1) is 11.8 Å². The summed E-state index contributed by atoms with van der Waals surface area (Å²) < 4.78 is 0. The number of carbonyl (C=O) groups excluding carboxylic acids is 2. The third kappa shape index (κ3) is 7.54. The maximum Gasteiger partial charge on any atom is 0.334 e. The highest BCUT2D eigenvalue weighted by Crippen LogP contribution is 2.46. The average Bonchev–Trinajstić information content (AvgIpc) is 3.06. The summed E-state index contributed by atoms with van der Waals surface area (Å²) >= 11 is 13.2. The number of carbonyl (C=O) groups is 4. The van der Waals surface area contributed by atoms with Gasteiger partial charge in [-0.3, -0.25) is 14.5 Å². The normalized spacial score (nSPS) is 24.4. The number of ketones is 1. The summed E-state index contributed by atoms with van der Waals surface area (Å²) in [6.07, 6.45) is 3.29. The predicted octanol–water partition coefficient (Wildman–Crippen LogP) is 4.96. The van der Waals surface area contributed by atoms with Gasteiger partial charge in [0.25, 0.3) is 0 Å². The number of carboxylic acid groups (broad SMARTS) is 2. The number of hydrogen-bond acceptors (Lipinski definition) is 7. The quantitative estimate of drug-likeness (QED) is 0.306. The van der Waals surface area contributed by atoms with Gasteiger partial charge in [-0.2, -0.15) is 0 Å². The van der Waals surface area contributed by atoms with Gasteiger partial charge in [-0.05, 0) is 44.0 Å². The summed E-state index contributed by atoms with van der Waals surface area (Å²) in [6, 6.07) is 13.3. The maximum atomic E-state index is 14.2. The third-order valence-corrected chi connectivity index (χ3v) is 10.6. The number of piperidine rings is 3. The van der Waals surface area contributed by atoms with Crippen LogP contribution in [0.4, 0.5) is 0 Å². The van der Waals surface area contributed by atoms with E-state index in [1.54, 1.807) is 41.3 Å². The van der Waals surface area contributed by atoms with E-state index in [9.17, 15) is 29.4 Å². The van der Waals surface area contributed by atoms with Gasteiger partial charge in [-0.1, -0.05) is 59.6 Å². The van der Waals surface area contributed by atoms with Crippen LogP contribution in [0.3, 0.4) is 0 Å². The number of amides is 1. The zero-order chi connectivity index (χ0) is 32.5. The molecule has 0 aromatic heterocycles. The molecule has 14 heteroatoms. The Hall–Kier alpha value is -3.12. The van der Waals surface area contributed by atoms with E-state index in [0.29, 0.717) is 25.0 Å². The Balaban J connectivity index is 0.00000260. The molecule has 5 aliphatic heterocycles. The Morgan fingerprint density at radius 1 is 0.833 bits per heavy atom. The average molecular weight is 741 g/mol. The van der Waals surface area contributed by atoms with Crippen LogP contribution in [-0.2, 0) is 14.4 Å². The van der Waals surface area contributed by atoms with Gasteiger partial charge < -0.3 is 25.3 Å². The molecule has 3 atom stereocenters. The van der Waals surface area contributed by atoms with Crippen molar-refractivity contribution in [3.05, 3.63) is 92.7 Å². The molecular formula is C34H38Cl4N4O6. The second-order valence-electron chi connectivity index (χ2n) is 12.4. The molecule has 1 amide bonds. The summed E-state index contributed by atoms with van der Waals surface area (Å²) in [6.45, 7) is 5.89. The number of fused-ring (bicyclic) bond motifs is 3. The van der Waals surface area contributed by atoms with Gasteiger partial charge in [0, 0.05) is 77.8 Å². The molecule has 3 unspecified atom stereocenters. The van der Waals surface area contributed by atoms with E-state index >= 15 is 0 Å². The molecule has 4 fully saturated rings. The lowest BCUT2D eigenvalue weighted by Crippen LogP contribution is -2.61. The molecule has 7 rings (SSSR count). The summed E-state index contributed by atoms with van der Waals surface area (Å²) in [5.74, 6) is -5.92. The van der Waals surface area contributed by atoms with E-state index < -0.39 is 29.6 Å². The first-order valence-electron chi connectivity index (χ1n) is 15.6. The topological polar surface area (TPSA) is 130 Å². The van der Waals surface area contributed by atoms with Crippen LogP contribution < -0.4 is 5.32 Å². The monoisotopic (exact) mass is 738 g/mol.